The summed E-state index contributed by atoms with van der Waals surface area (Å²) in [6.45, 7) is 3.13. The van der Waals surface area contributed by atoms with Gasteiger partial charge in [-0.05, 0) is 18.9 Å². The molecule has 2 rings (SSSR count). The Morgan fingerprint density at radius 1 is 1.59 bits per heavy atom. The quantitative estimate of drug-likeness (QED) is 0.818. The van der Waals surface area contributed by atoms with Crippen LogP contribution in [0, 0.1) is 6.92 Å². The Hall–Kier alpha value is -1.39. The van der Waals surface area contributed by atoms with Gasteiger partial charge in [-0.3, -0.25) is 4.79 Å². The second kappa shape index (κ2) is 4.47. The van der Waals surface area contributed by atoms with Crippen molar-refractivity contribution in [1.29, 1.82) is 0 Å². The summed E-state index contributed by atoms with van der Waals surface area (Å²) in [6.07, 6.45) is 0.422. The van der Waals surface area contributed by atoms with E-state index in [2.05, 4.69) is 6.07 Å². The normalized spacial score (nSPS) is 19.4. The number of carboxylic acid groups (broad SMARTS) is 1. The lowest BCUT2D eigenvalue weighted by Crippen LogP contribution is -2.51. The fraction of sp³-hybridized carbons (Fsp3) is 0.462. The molecule has 1 fully saturated rings. The minimum absolute atomic E-state index is 0.218. The van der Waals surface area contributed by atoms with Crippen molar-refractivity contribution in [2.24, 2.45) is 5.73 Å². The SMILES string of the molecule is Cc1cccc(C2(CC(N)C(=O)O)COC2)c1. The number of benzene rings is 1. The molecule has 1 aliphatic rings. The molecule has 4 heteroatoms. The molecule has 1 atom stereocenters. The van der Waals surface area contributed by atoms with Crippen molar-refractivity contribution in [1.82, 2.24) is 0 Å². The van der Waals surface area contributed by atoms with Crippen molar-refractivity contribution in [2.45, 2.75) is 24.8 Å². The number of aryl methyl sites for hydroxylation is 1. The van der Waals surface area contributed by atoms with Crippen LogP contribution in [-0.2, 0) is 14.9 Å². The zero-order valence-corrected chi connectivity index (χ0v) is 9.85. The minimum Gasteiger partial charge on any atom is -0.480 e. The monoisotopic (exact) mass is 235 g/mol. The first-order chi connectivity index (χ1) is 8.03. The average molecular weight is 235 g/mol. The number of carbonyl (C=O) groups is 1. The van der Waals surface area contributed by atoms with E-state index < -0.39 is 12.0 Å². The Bertz CT molecular complexity index is 426. The Labute approximate surface area is 100 Å². The molecular formula is C13H17NO3. The van der Waals surface area contributed by atoms with Crippen LogP contribution < -0.4 is 5.73 Å². The summed E-state index contributed by atoms with van der Waals surface area (Å²) < 4.78 is 5.26. The first-order valence-electron chi connectivity index (χ1n) is 5.67. The van der Waals surface area contributed by atoms with E-state index in [1.54, 1.807) is 0 Å². The van der Waals surface area contributed by atoms with Gasteiger partial charge >= 0.3 is 5.97 Å². The molecule has 3 N–H and O–H groups in total. The van der Waals surface area contributed by atoms with Crippen molar-refractivity contribution >= 4 is 5.97 Å². The molecular weight excluding hydrogens is 218 g/mol. The van der Waals surface area contributed by atoms with Crippen molar-refractivity contribution in [3.8, 4) is 0 Å². The average Bonchev–Trinajstić information content (AvgIpc) is 2.22. The summed E-state index contributed by atoms with van der Waals surface area (Å²) >= 11 is 0. The minimum atomic E-state index is -0.955. The molecule has 1 heterocycles. The predicted molar refractivity (Wildman–Crippen MR) is 63.9 cm³/mol. The van der Waals surface area contributed by atoms with Gasteiger partial charge in [-0.25, -0.2) is 0 Å². The lowest BCUT2D eigenvalue weighted by atomic mass is 9.73. The highest BCUT2D eigenvalue weighted by Gasteiger charge is 2.42. The van der Waals surface area contributed by atoms with Crippen LogP contribution in [0.3, 0.4) is 0 Å². The van der Waals surface area contributed by atoms with Gasteiger partial charge in [-0.2, -0.15) is 0 Å². The van der Waals surface area contributed by atoms with E-state index in [-0.39, 0.29) is 5.41 Å². The highest BCUT2D eigenvalue weighted by Crippen LogP contribution is 2.36. The topological polar surface area (TPSA) is 72.6 Å². The van der Waals surface area contributed by atoms with Crippen molar-refractivity contribution < 1.29 is 14.6 Å². The molecule has 1 saturated heterocycles. The summed E-state index contributed by atoms with van der Waals surface area (Å²) in [7, 11) is 0. The molecule has 1 aliphatic heterocycles. The molecule has 0 radical (unpaired) electrons. The van der Waals surface area contributed by atoms with Gasteiger partial charge in [-0.1, -0.05) is 29.8 Å². The Kier molecular flexibility index (Phi) is 3.17. The van der Waals surface area contributed by atoms with E-state index in [1.807, 2.05) is 25.1 Å². The third-order valence-corrected chi connectivity index (χ3v) is 3.32. The molecule has 1 unspecified atom stereocenters. The van der Waals surface area contributed by atoms with Gasteiger partial charge in [-0.15, -0.1) is 0 Å². The van der Waals surface area contributed by atoms with E-state index in [0.29, 0.717) is 19.6 Å². The molecule has 92 valence electrons. The van der Waals surface area contributed by atoms with Crippen molar-refractivity contribution in [3.05, 3.63) is 35.4 Å². The fourth-order valence-electron chi connectivity index (χ4n) is 2.23. The number of aliphatic carboxylic acids is 1. The van der Waals surface area contributed by atoms with Crippen LogP contribution in [0.1, 0.15) is 17.5 Å². The molecule has 0 saturated carbocycles. The van der Waals surface area contributed by atoms with Crippen LogP contribution in [0.25, 0.3) is 0 Å². The Morgan fingerprint density at radius 3 is 2.76 bits per heavy atom. The lowest BCUT2D eigenvalue weighted by molar-refractivity contribution is -0.141. The molecule has 1 aromatic carbocycles. The molecule has 0 aliphatic carbocycles. The van der Waals surface area contributed by atoms with Gasteiger partial charge in [0.2, 0.25) is 0 Å². The first kappa shape index (κ1) is 12.1. The molecule has 0 spiro atoms. The Morgan fingerprint density at radius 2 is 2.29 bits per heavy atom. The molecule has 4 nitrogen and oxygen atoms in total. The third kappa shape index (κ3) is 2.33. The second-order valence-electron chi connectivity index (χ2n) is 4.79. The third-order valence-electron chi connectivity index (χ3n) is 3.32. The number of nitrogens with two attached hydrogens (primary N) is 1. The number of hydrogen-bond donors (Lipinski definition) is 2. The van der Waals surface area contributed by atoms with Gasteiger partial charge in [0.25, 0.3) is 0 Å². The van der Waals surface area contributed by atoms with Crippen LogP contribution in [0.5, 0.6) is 0 Å². The standard InChI is InChI=1S/C13H17NO3/c1-9-3-2-4-10(5-9)13(7-17-8-13)6-11(14)12(15)16/h2-5,11H,6-8,14H2,1H3,(H,15,16). The van der Waals surface area contributed by atoms with Gasteiger partial charge in [0.1, 0.15) is 6.04 Å². The zero-order valence-electron chi connectivity index (χ0n) is 9.85. The maximum absolute atomic E-state index is 10.8. The first-order valence-corrected chi connectivity index (χ1v) is 5.67. The van der Waals surface area contributed by atoms with Gasteiger partial charge < -0.3 is 15.6 Å². The summed E-state index contributed by atoms with van der Waals surface area (Å²) in [5.41, 5.74) is 7.70. The highest BCUT2D eigenvalue weighted by molar-refractivity contribution is 5.73. The summed E-state index contributed by atoms with van der Waals surface area (Å²) in [5.74, 6) is -0.955. The van der Waals surface area contributed by atoms with Crippen LogP contribution in [0.4, 0.5) is 0 Å². The van der Waals surface area contributed by atoms with Crippen molar-refractivity contribution in [2.75, 3.05) is 13.2 Å². The number of rotatable bonds is 4. The van der Waals surface area contributed by atoms with E-state index >= 15 is 0 Å². The highest BCUT2D eigenvalue weighted by atomic mass is 16.5. The maximum atomic E-state index is 10.8. The summed E-state index contributed by atoms with van der Waals surface area (Å²) in [6, 6.07) is 7.27. The number of hydrogen-bond acceptors (Lipinski definition) is 3. The molecule has 17 heavy (non-hydrogen) atoms. The zero-order chi connectivity index (χ0) is 12.5. The van der Waals surface area contributed by atoms with Gasteiger partial charge in [0.05, 0.1) is 13.2 Å². The Balaban J connectivity index is 2.22. The van der Waals surface area contributed by atoms with Gasteiger partial charge in [0.15, 0.2) is 0 Å². The van der Waals surface area contributed by atoms with E-state index in [4.69, 9.17) is 15.6 Å². The maximum Gasteiger partial charge on any atom is 0.320 e. The summed E-state index contributed by atoms with van der Waals surface area (Å²) in [4.78, 5) is 10.8. The number of carboxylic acids is 1. The number of ether oxygens (including phenoxy) is 1. The van der Waals surface area contributed by atoms with E-state index in [1.165, 1.54) is 0 Å². The van der Waals surface area contributed by atoms with Crippen LogP contribution in [0.15, 0.2) is 24.3 Å². The molecule has 1 aromatic rings. The molecule has 0 amide bonds. The van der Waals surface area contributed by atoms with E-state index in [0.717, 1.165) is 11.1 Å². The van der Waals surface area contributed by atoms with Crippen LogP contribution >= 0.6 is 0 Å². The van der Waals surface area contributed by atoms with Gasteiger partial charge in [0, 0.05) is 5.41 Å². The predicted octanol–water partition coefficient (Wildman–Crippen LogP) is 1.07. The van der Waals surface area contributed by atoms with Crippen LogP contribution in [-0.4, -0.2) is 30.3 Å². The van der Waals surface area contributed by atoms with E-state index in [9.17, 15) is 4.79 Å². The second-order valence-corrected chi connectivity index (χ2v) is 4.79. The largest absolute Gasteiger partial charge is 0.480 e. The van der Waals surface area contributed by atoms with Crippen LogP contribution in [0.2, 0.25) is 0 Å². The lowest BCUT2D eigenvalue weighted by Gasteiger charge is -2.43. The molecule has 0 aromatic heterocycles. The smallest absolute Gasteiger partial charge is 0.320 e. The summed E-state index contributed by atoms with van der Waals surface area (Å²) in [5, 5.41) is 8.90. The fourth-order valence-corrected chi connectivity index (χ4v) is 2.23. The molecule has 0 bridgehead atoms. The van der Waals surface area contributed by atoms with Crippen molar-refractivity contribution in [3.63, 3.8) is 0 Å².